The van der Waals surface area contributed by atoms with Crippen LogP contribution in [-0.4, -0.2) is 51.6 Å². The molecule has 3 N–H and O–H groups in total. The minimum atomic E-state index is -3.57. The second-order valence-electron chi connectivity index (χ2n) is 6.48. The molecule has 0 amide bonds. The van der Waals surface area contributed by atoms with Crippen molar-refractivity contribution in [3.8, 4) is 5.75 Å². The van der Waals surface area contributed by atoms with Gasteiger partial charge < -0.3 is 15.4 Å². The maximum absolute atomic E-state index is 12.2. The third-order valence-corrected chi connectivity index (χ3v) is 5.28. The normalized spacial score (nSPS) is 13.0. The lowest BCUT2D eigenvalue weighted by Crippen LogP contribution is -2.42. The van der Waals surface area contributed by atoms with E-state index in [1.54, 1.807) is 6.07 Å². The lowest BCUT2D eigenvalue weighted by molar-refractivity contribution is 0.230. The Balaban J connectivity index is 1.81. The smallest absolute Gasteiger partial charge is 0.242 e. The first-order valence-electron chi connectivity index (χ1n) is 9.56. The molecule has 0 saturated heterocycles. The predicted molar refractivity (Wildman–Crippen MR) is 115 cm³/mol. The van der Waals surface area contributed by atoms with E-state index in [2.05, 4.69) is 25.3 Å². The number of pyridine rings is 1. The highest BCUT2D eigenvalue weighted by Crippen LogP contribution is 2.14. The summed E-state index contributed by atoms with van der Waals surface area (Å²) in [5.41, 5.74) is 1.14. The number of aliphatic imine (C=N–C) groups is 1. The fourth-order valence-electron chi connectivity index (χ4n) is 2.48. The summed E-state index contributed by atoms with van der Waals surface area (Å²) in [6.45, 7) is 7.71. The van der Waals surface area contributed by atoms with Crippen LogP contribution in [0.3, 0.4) is 0 Å². The van der Waals surface area contributed by atoms with E-state index in [0.29, 0.717) is 25.6 Å². The second-order valence-corrected chi connectivity index (χ2v) is 8.24. The summed E-state index contributed by atoms with van der Waals surface area (Å²) in [7, 11) is -3.57. The molecule has 2 rings (SSSR count). The summed E-state index contributed by atoms with van der Waals surface area (Å²) in [4.78, 5) is 8.48. The van der Waals surface area contributed by atoms with Crippen molar-refractivity contribution in [1.82, 2.24) is 20.3 Å². The fraction of sp³-hybridized carbons (Fsp3) is 0.400. The highest BCUT2D eigenvalue weighted by Gasteiger charge is 2.12. The van der Waals surface area contributed by atoms with Gasteiger partial charge in [-0.1, -0.05) is 12.1 Å². The minimum absolute atomic E-state index is 0.101. The average molecular weight is 420 g/mol. The Bertz CT molecular complexity index is 888. The number of nitrogens with zero attached hydrogens (tertiary/aromatic N) is 2. The van der Waals surface area contributed by atoms with Gasteiger partial charge in [0, 0.05) is 32.0 Å². The number of benzene rings is 1. The van der Waals surface area contributed by atoms with Gasteiger partial charge in [0.25, 0.3) is 0 Å². The molecule has 1 heterocycles. The van der Waals surface area contributed by atoms with Gasteiger partial charge in [-0.15, -0.1) is 0 Å². The van der Waals surface area contributed by atoms with E-state index in [4.69, 9.17) is 4.74 Å². The van der Waals surface area contributed by atoms with Gasteiger partial charge >= 0.3 is 0 Å². The molecule has 29 heavy (non-hydrogen) atoms. The molecule has 1 aromatic carbocycles. The summed E-state index contributed by atoms with van der Waals surface area (Å²) in [5, 5.41) is 6.25. The molecule has 1 atom stereocenters. The van der Waals surface area contributed by atoms with Crippen molar-refractivity contribution in [2.24, 2.45) is 4.99 Å². The first-order valence-corrected chi connectivity index (χ1v) is 11.0. The van der Waals surface area contributed by atoms with Gasteiger partial charge in [-0.05, 0) is 50.6 Å². The maximum atomic E-state index is 12.2. The molecule has 0 bridgehead atoms. The lowest BCUT2D eigenvalue weighted by Gasteiger charge is -2.15. The molecule has 158 valence electrons. The standard InChI is InChI=1S/C20H29N5O3S/c1-4-22-20(24-14-17(3)28-18-8-5-7-16(2)13-18)23-11-12-25-29(26,27)19-9-6-10-21-15-19/h5-10,13,15,17,25H,4,11-12,14H2,1-3H3,(H2,22,23,24). The first-order chi connectivity index (χ1) is 13.9. The number of guanidine groups is 1. The number of rotatable bonds is 10. The van der Waals surface area contributed by atoms with Crippen molar-refractivity contribution < 1.29 is 13.2 Å². The SMILES string of the molecule is CCNC(=NCC(C)Oc1cccc(C)c1)NCCNS(=O)(=O)c1cccnc1. The van der Waals surface area contributed by atoms with Gasteiger partial charge in [0.2, 0.25) is 10.0 Å². The third kappa shape index (κ3) is 8.08. The van der Waals surface area contributed by atoms with Crippen molar-refractivity contribution in [1.29, 1.82) is 0 Å². The summed E-state index contributed by atoms with van der Waals surface area (Å²) in [6.07, 6.45) is 2.75. The Morgan fingerprint density at radius 3 is 2.72 bits per heavy atom. The van der Waals surface area contributed by atoms with Crippen LogP contribution < -0.4 is 20.1 Å². The average Bonchev–Trinajstić information content (AvgIpc) is 2.70. The Kier molecular flexibility index (Phi) is 8.88. The van der Waals surface area contributed by atoms with E-state index < -0.39 is 10.0 Å². The number of sulfonamides is 1. The summed E-state index contributed by atoms with van der Waals surface area (Å²) >= 11 is 0. The van der Waals surface area contributed by atoms with Gasteiger partial charge in [0.05, 0.1) is 6.54 Å². The van der Waals surface area contributed by atoms with Gasteiger partial charge in [0.1, 0.15) is 16.7 Å². The third-order valence-electron chi connectivity index (χ3n) is 3.83. The molecule has 1 aromatic heterocycles. The van der Waals surface area contributed by atoms with E-state index in [1.165, 1.54) is 18.5 Å². The van der Waals surface area contributed by atoms with E-state index in [1.807, 2.05) is 45.0 Å². The molecule has 9 heteroatoms. The summed E-state index contributed by atoms with van der Waals surface area (Å²) < 4.78 is 32.8. The molecule has 0 aliphatic carbocycles. The molecule has 8 nitrogen and oxygen atoms in total. The van der Waals surface area contributed by atoms with Crippen molar-refractivity contribution >= 4 is 16.0 Å². The van der Waals surface area contributed by atoms with Crippen LogP contribution in [0.5, 0.6) is 5.75 Å². The highest BCUT2D eigenvalue weighted by atomic mass is 32.2. The molecule has 1 unspecified atom stereocenters. The topological polar surface area (TPSA) is 105 Å². The van der Waals surface area contributed by atoms with E-state index in [0.717, 1.165) is 11.3 Å². The monoisotopic (exact) mass is 419 g/mol. The molecule has 0 aliphatic heterocycles. The number of hydrogen-bond acceptors (Lipinski definition) is 5. The number of nitrogens with one attached hydrogen (secondary N) is 3. The molecular weight excluding hydrogens is 390 g/mol. The number of ether oxygens (including phenoxy) is 1. The Labute approximate surface area is 172 Å². The maximum Gasteiger partial charge on any atom is 0.242 e. The van der Waals surface area contributed by atoms with Crippen LogP contribution in [0.15, 0.2) is 58.7 Å². The minimum Gasteiger partial charge on any atom is -0.489 e. The summed E-state index contributed by atoms with van der Waals surface area (Å²) in [6, 6.07) is 11.0. The van der Waals surface area contributed by atoms with Gasteiger partial charge in [0.15, 0.2) is 5.96 Å². The van der Waals surface area contributed by atoms with Gasteiger partial charge in [-0.2, -0.15) is 0 Å². The van der Waals surface area contributed by atoms with Crippen LogP contribution >= 0.6 is 0 Å². The molecule has 0 spiro atoms. The van der Waals surface area contributed by atoms with Crippen LogP contribution in [0.2, 0.25) is 0 Å². The van der Waals surface area contributed by atoms with Gasteiger partial charge in [-0.3, -0.25) is 4.98 Å². The van der Waals surface area contributed by atoms with Crippen molar-refractivity contribution in [2.45, 2.75) is 31.8 Å². The predicted octanol–water partition coefficient (Wildman–Crippen LogP) is 1.69. The summed E-state index contributed by atoms with van der Waals surface area (Å²) in [5.74, 6) is 1.42. The molecule has 2 aromatic rings. The molecule has 0 saturated carbocycles. The van der Waals surface area contributed by atoms with E-state index in [9.17, 15) is 8.42 Å². The van der Waals surface area contributed by atoms with E-state index >= 15 is 0 Å². The highest BCUT2D eigenvalue weighted by molar-refractivity contribution is 7.89. The van der Waals surface area contributed by atoms with Crippen LogP contribution in [-0.2, 0) is 10.0 Å². The second kappa shape index (κ2) is 11.4. The van der Waals surface area contributed by atoms with Crippen molar-refractivity contribution in [3.05, 3.63) is 54.4 Å². The first kappa shape index (κ1) is 22.6. The van der Waals surface area contributed by atoms with Gasteiger partial charge in [-0.25, -0.2) is 18.1 Å². The Morgan fingerprint density at radius 1 is 1.21 bits per heavy atom. The Hall–Kier alpha value is -2.65. The van der Waals surface area contributed by atoms with Crippen LogP contribution in [0.4, 0.5) is 0 Å². The zero-order valence-electron chi connectivity index (χ0n) is 17.1. The van der Waals surface area contributed by atoms with E-state index in [-0.39, 0.29) is 17.5 Å². The zero-order chi connectivity index (χ0) is 21.1. The molecule has 0 radical (unpaired) electrons. The number of aromatic nitrogens is 1. The largest absolute Gasteiger partial charge is 0.489 e. The lowest BCUT2D eigenvalue weighted by atomic mass is 10.2. The van der Waals surface area contributed by atoms with Crippen LogP contribution in [0.25, 0.3) is 0 Å². The molecule has 0 fully saturated rings. The Morgan fingerprint density at radius 2 is 2.03 bits per heavy atom. The van der Waals surface area contributed by atoms with Crippen LogP contribution in [0.1, 0.15) is 19.4 Å². The zero-order valence-corrected chi connectivity index (χ0v) is 17.9. The molecule has 0 aliphatic rings. The van der Waals surface area contributed by atoms with Crippen molar-refractivity contribution in [3.63, 3.8) is 0 Å². The quantitative estimate of drug-likeness (QED) is 0.308. The number of hydrogen-bond donors (Lipinski definition) is 3. The van der Waals surface area contributed by atoms with Crippen molar-refractivity contribution in [2.75, 3.05) is 26.2 Å². The number of aryl methyl sites for hydroxylation is 1. The fourth-order valence-corrected chi connectivity index (χ4v) is 3.47. The molecular formula is C20H29N5O3S. The van der Waals surface area contributed by atoms with Crippen LogP contribution in [0, 0.1) is 6.92 Å².